The van der Waals surface area contributed by atoms with Crippen LogP contribution in [-0.2, 0) is 11.2 Å². The summed E-state index contributed by atoms with van der Waals surface area (Å²) in [5.41, 5.74) is 1.10. The van der Waals surface area contributed by atoms with Crippen LogP contribution in [0.25, 0.3) is 0 Å². The normalized spacial score (nSPS) is 22.7. The van der Waals surface area contributed by atoms with Gasteiger partial charge in [0, 0.05) is 17.9 Å². The Labute approximate surface area is 65.2 Å². The molecule has 0 saturated heterocycles. The van der Waals surface area contributed by atoms with Gasteiger partial charge in [-0.1, -0.05) is 0 Å². The highest BCUT2D eigenvalue weighted by molar-refractivity contribution is 5.63. The zero-order valence-corrected chi connectivity index (χ0v) is 6.25. The number of hydrogen-bond acceptors (Lipinski definition) is 2. The molecule has 0 radical (unpaired) electrons. The highest BCUT2D eigenvalue weighted by Gasteiger charge is 2.21. The lowest BCUT2D eigenvalue weighted by molar-refractivity contribution is -0.109. The van der Waals surface area contributed by atoms with Crippen LogP contribution in [0.4, 0.5) is 0 Å². The highest BCUT2D eigenvalue weighted by Crippen LogP contribution is 2.30. The molecule has 1 aliphatic carbocycles. The number of hydrogen-bond donors (Lipinski definition) is 0. The van der Waals surface area contributed by atoms with E-state index in [9.17, 15) is 4.79 Å². The van der Waals surface area contributed by atoms with Gasteiger partial charge in [0.05, 0.1) is 6.26 Å². The molecular formula is C9H10O2. The molecule has 58 valence electrons. The van der Waals surface area contributed by atoms with Gasteiger partial charge in [-0.05, 0) is 18.9 Å². The summed E-state index contributed by atoms with van der Waals surface area (Å²) in [6, 6.07) is 1.91. The molecule has 11 heavy (non-hydrogen) atoms. The second-order valence-electron chi connectivity index (χ2n) is 2.93. The molecule has 2 heteroatoms. The third-order valence-electron chi connectivity index (χ3n) is 2.26. The van der Waals surface area contributed by atoms with E-state index in [4.69, 9.17) is 4.42 Å². The van der Waals surface area contributed by atoms with Gasteiger partial charge in [0.1, 0.15) is 12.0 Å². The summed E-state index contributed by atoms with van der Waals surface area (Å²) in [6.07, 6.45) is 5.74. The molecule has 1 atom stereocenters. The largest absolute Gasteiger partial charge is 0.469 e. The quantitative estimate of drug-likeness (QED) is 0.572. The summed E-state index contributed by atoms with van der Waals surface area (Å²) in [6.45, 7) is 0. The van der Waals surface area contributed by atoms with Crippen LogP contribution in [0.2, 0.25) is 0 Å². The fraction of sp³-hybridized carbons (Fsp3) is 0.444. The van der Waals surface area contributed by atoms with Crippen LogP contribution in [0, 0.1) is 0 Å². The molecule has 1 aliphatic rings. The number of aldehydes is 1. The molecule has 0 unspecified atom stereocenters. The van der Waals surface area contributed by atoms with Crippen LogP contribution in [0.3, 0.4) is 0 Å². The van der Waals surface area contributed by atoms with E-state index in [1.807, 2.05) is 6.07 Å². The Kier molecular flexibility index (Phi) is 1.53. The number of aryl methyl sites for hydroxylation is 1. The van der Waals surface area contributed by atoms with Crippen molar-refractivity contribution in [2.24, 2.45) is 0 Å². The zero-order chi connectivity index (χ0) is 7.68. The van der Waals surface area contributed by atoms with E-state index in [1.165, 1.54) is 0 Å². The van der Waals surface area contributed by atoms with E-state index in [1.54, 1.807) is 6.26 Å². The van der Waals surface area contributed by atoms with E-state index in [-0.39, 0.29) is 5.92 Å². The highest BCUT2D eigenvalue weighted by atomic mass is 16.3. The van der Waals surface area contributed by atoms with Crippen molar-refractivity contribution in [2.45, 2.75) is 25.2 Å². The van der Waals surface area contributed by atoms with Crippen molar-refractivity contribution >= 4 is 6.29 Å². The van der Waals surface area contributed by atoms with E-state index in [0.717, 1.165) is 36.9 Å². The lowest BCUT2D eigenvalue weighted by Crippen LogP contribution is -2.07. The maximum absolute atomic E-state index is 10.6. The molecule has 1 heterocycles. The molecule has 0 amide bonds. The molecule has 0 fully saturated rings. The van der Waals surface area contributed by atoms with Crippen molar-refractivity contribution in [3.05, 3.63) is 23.7 Å². The molecule has 0 aliphatic heterocycles. The van der Waals surface area contributed by atoms with Crippen LogP contribution in [0.1, 0.15) is 30.1 Å². The zero-order valence-electron chi connectivity index (χ0n) is 6.25. The first-order chi connectivity index (χ1) is 5.42. The lowest BCUT2D eigenvalue weighted by atomic mass is 9.89. The molecule has 0 spiro atoms. The first kappa shape index (κ1) is 6.65. The maximum atomic E-state index is 10.6. The summed E-state index contributed by atoms with van der Waals surface area (Å²) >= 11 is 0. The Bertz CT molecular complexity index is 262. The fourth-order valence-corrected chi connectivity index (χ4v) is 1.66. The fourth-order valence-electron chi connectivity index (χ4n) is 1.66. The molecule has 1 aromatic heterocycles. The average molecular weight is 150 g/mol. The van der Waals surface area contributed by atoms with E-state index < -0.39 is 0 Å². The topological polar surface area (TPSA) is 30.2 Å². The summed E-state index contributed by atoms with van der Waals surface area (Å²) in [5, 5.41) is 0. The van der Waals surface area contributed by atoms with Crippen molar-refractivity contribution in [2.75, 3.05) is 0 Å². The van der Waals surface area contributed by atoms with Gasteiger partial charge in [-0.15, -0.1) is 0 Å². The van der Waals surface area contributed by atoms with Crippen LogP contribution in [0.5, 0.6) is 0 Å². The van der Waals surface area contributed by atoms with Gasteiger partial charge < -0.3 is 9.21 Å². The number of furan rings is 1. The minimum Gasteiger partial charge on any atom is -0.469 e. The van der Waals surface area contributed by atoms with Gasteiger partial charge in [0.25, 0.3) is 0 Å². The predicted octanol–water partition coefficient (Wildman–Crippen LogP) is 1.90. The van der Waals surface area contributed by atoms with Crippen molar-refractivity contribution in [3.8, 4) is 0 Å². The molecule has 1 aromatic rings. The molecule has 2 nitrogen and oxygen atoms in total. The number of carbonyl (C=O) groups excluding carboxylic acids is 1. The molecular weight excluding hydrogens is 140 g/mol. The molecule has 0 aromatic carbocycles. The van der Waals surface area contributed by atoms with Crippen LogP contribution < -0.4 is 0 Å². The van der Waals surface area contributed by atoms with Crippen molar-refractivity contribution in [1.82, 2.24) is 0 Å². The van der Waals surface area contributed by atoms with Crippen LogP contribution in [-0.4, -0.2) is 6.29 Å². The summed E-state index contributed by atoms with van der Waals surface area (Å²) < 4.78 is 5.23. The molecule has 2 rings (SSSR count). The summed E-state index contributed by atoms with van der Waals surface area (Å²) in [5.74, 6) is 1.10. The molecule has 0 bridgehead atoms. The predicted molar refractivity (Wildman–Crippen MR) is 40.5 cm³/mol. The third-order valence-corrected chi connectivity index (χ3v) is 2.26. The Hall–Kier alpha value is -1.05. The van der Waals surface area contributed by atoms with Gasteiger partial charge in [0.15, 0.2) is 0 Å². The van der Waals surface area contributed by atoms with Gasteiger partial charge in [-0.3, -0.25) is 0 Å². The van der Waals surface area contributed by atoms with Crippen molar-refractivity contribution in [1.29, 1.82) is 0 Å². The number of rotatable bonds is 1. The minimum atomic E-state index is 0.0949. The number of fused-ring (bicyclic) bond motifs is 1. The van der Waals surface area contributed by atoms with Crippen molar-refractivity contribution < 1.29 is 9.21 Å². The van der Waals surface area contributed by atoms with Crippen LogP contribution in [0.15, 0.2) is 16.7 Å². The summed E-state index contributed by atoms with van der Waals surface area (Å²) in [4.78, 5) is 10.6. The Morgan fingerprint density at radius 2 is 2.55 bits per heavy atom. The number of carbonyl (C=O) groups is 1. The monoisotopic (exact) mass is 150 g/mol. The smallest absolute Gasteiger partial charge is 0.127 e. The third kappa shape index (κ3) is 0.985. The minimum absolute atomic E-state index is 0.0949. The standard InChI is InChI=1S/C9H10O2/c10-6-7-2-1-3-9-8(7)4-5-11-9/h4-7H,1-3H2/t7-/m0/s1. The Morgan fingerprint density at radius 3 is 3.36 bits per heavy atom. The second kappa shape index (κ2) is 2.53. The van der Waals surface area contributed by atoms with Gasteiger partial charge >= 0.3 is 0 Å². The van der Waals surface area contributed by atoms with Gasteiger partial charge in [-0.25, -0.2) is 0 Å². The SMILES string of the molecule is O=C[C@@H]1CCCc2occc21. The van der Waals surface area contributed by atoms with Crippen LogP contribution >= 0.6 is 0 Å². The van der Waals surface area contributed by atoms with Gasteiger partial charge in [-0.2, -0.15) is 0 Å². The first-order valence-corrected chi connectivity index (χ1v) is 3.93. The van der Waals surface area contributed by atoms with E-state index >= 15 is 0 Å². The average Bonchev–Trinajstić information content (AvgIpc) is 2.50. The Morgan fingerprint density at radius 1 is 1.64 bits per heavy atom. The van der Waals surface area contributed by atoms with Gasteiger partial charge in [0.2, 0.25) is 0 Å². The second-order valence-corrected chi connectivity index (χ2v) is 2.93. The Balaban J connectivity index is 2.39. The van der Waals surface area contributed by atoms with Crippen molar-refractivity contribution in [3.63, 3.8) is 0 Å². The molecule has 0 N–H and O–H groups in total. The maximum Gasteiger partial charge on any atom is 0.127 e. The lowest BCUT2D eigenvalue weighted by Gasteiger charge is -2.15. The van der Waals surface area contributed by atoms with E-state index in [0.29, 0.717) is 0 Å². The summed E-state index contributed by atoms with van der Waals surface area (Å²) in [7, 11) is 0. The molecule has 0 saturated carbocycles. The van der Waals surface area contributed by atoms with E-state index in [2.05, 4.69) is 0 Å². The first-order valence-electron chi connectivity index (χ1n) is 3.93.